The highest BCUT2D eigenvalue weighted by Gasteiger charge is 2.44. The highest BCUT2D eigenvalue weighted by molar-refractivity contribution is 7.13. The summed E-state index contributed by atoms with van der Waals surface area (Å²) in [6, 6.07) is 9.78. The summed E-state index contributed by atoms with van der Waals surface area (Å²) in [6.45, 7) is 2.06. The van der Waals surface area contributed by atoms with Crippen molar-refractivity contribution in [2.24, 2.45) is 0 Å². The van der Waals surface area contributed by atoms with Crippen LogP contribution in [0.25, 0.3) is 16.3 Å². The van der Waals surface area contributed by atoms with Crippen molar-refractivity contribution < 1.29 is 14.3 Å². The molecule has 1 aromatic carbocycles. The quantitative estimate of drug-likeness (QED) is 0.628. The Morgan fingerprint density at radius 1 is 1.24 bits per heavy atom. The number of aromatic nitrogens is 3. The molecule has 4 rings (SSSR count). The zero-order valence-corrected chi connectivity index (χ0v) is 16.9. The van der Waals surface area contributed by atoms with Crippen molar-refractivity contribution in [1.29, 1.82) is 0 Å². The number of nitrogens with zero attached hydrogens (tertiary/aromatic N) is 3. The molecule has 0 bridgehead atoms. The minimum Gasteiger partial charge on any atom is -0.464 e. The second-order valence-electron chi connectivity index (χ2n) is 7.01. The van der Waals surface area contributed by atoms with E-state index < -0.39 is 5.54 Å². The fourth-order valence-electron chi connectivity index (χ4n) is 3.58. The van der Waals surface area contributed by atoms with Crippen molar-refractivity contribution in [2.75, 3.05) is 6.61 Å². The number of nitrogens with one attached hydrogen (secondary N) is 1. The summed E-state index contributed by atoms with van der Waals surface area (Å²) in [5, 5.41) is 9.68. The van der Waals surface area contributed by atoms with E-state index in [0.717, 1.165) is 24.1 Å². The summed E-state index contributed by atoms with van der Waals surface area (Å²) >= 11 is 1.37. The molecule has 1 aliphatic rings. The molecule has 0 saturated heterocycles. The maximum Gasteiger partial charge on any atom is 0.331 e. The number of carbonyl (C=O) groups is 2. The Labute approximate surface area is 172 Å². The van der Waals surface area contributed by atoms with E-state index in [9.17, 15) is 9.59 Å². The molecular weight excluding hydrogens is 388 g/mol. The van der Waals surface area contributed by atoms with E-state index in [1.165, 1.54) is 11.3 Å². The summed E-state index contributed by atoms with van der Waals surface area (Å²) in [7, 11) is 0. The van der Waals surface area contributed by atoms with Gasteiger partial charge in [-0.25, -0.2) is 14.5 Å². The predicted octanol–water partition coefficient (Wildman–Crippen LogP) is 3.60. The number of hydrogen-bond acceptors (Lipinski definition) is 6. The molecule has 1 N–H and O–H groups in total. The molecule has 0 aliphatic heterocycles. The van der Waals surface area contributed by atoms with Gasteiger partial charge in [0.05, 0.1) is 18.5 Å². The second-order valence-corrected chi connectivity index (χ2v) is 7.87. The van der Waals surface area contributed by atoms with Crippen LogP contribution < -0.4 is 5.32 Å². The molecule has 2 heterocycles. The lowest BCUT2D eigenvalue weighted by molar-refractivity contribution is -0.150. The van der Waals surface area contributed by atoms with Crippen LogP contribution in [0.4, 0.5) is 0 Å². The molecule has 0 radical (unpaired) electrons. The number of hydrogen-bond donors (Lipinski definition) is 1. The third-order valence-corrected chi connectivity index (χ3v) is 5.95. The van der Waals surface area contributed by atoms with Crippen molar-refractivity contribution >= 4 is 23.2 Å². The van der Waals surface area contributed by atoms with Gasteiger partial charge in [-0.2, -0.15) is 5.10 Å². The summed E-state index contributed by atoms with van der Waals surface area (Å²) in [5.41, 5.74) is 1.15. The zero-order valence-electron chi connectivity index (χ0n) is 16.1. The van der Waals surface area contributed by atoms with Gasteiger partial charge in [0, 0.05) is 17.1 Å². The molecule has 0 unspecified atom stereocenters. The molecule has 7 nitrogen and oxygen atoms in total. The van der Waals surface area contributed by atoms with Crippen molar-refractivity contribution in [3.05, 3.63) is 53.8 Å². The van der Waals surface area contributed by atoms with Crippen molar-refractivity contribution in [3.8, 4) is 16.3 Å². The molecule has 29 heavy (non-hydrogen) atoms. The molecule has 0 spiro atoms. The topological polar surface area (TPSA) is 86.1 Å². The van der Waals surface area contributed by atoms with Gasteiger partial charge in [0.2, 0.25) is 0 Å². The van der Waals surface area contributed by atoms with Crippen molar-refractivity contribution in [2.45, 2.75) is 38.1 Å². The molecule has 1 aliphatic carbocycles. The second kappa shape index (κ2) is 8.16. The molecule has 1 amide bonds. The Morgan fingerprint density at radius 3 is 2.72 bits per heavy atom. The third-order valence-electron chi connectivity index (χ3n) is 5.06. The molecule has 1 fully saturated rings. The molecule has 3 aromatic rings. The Hall–Kier alpha value is -3.00. The SMILES string of the molecule is CCOC(=O)C1(NC(=O)c2csc(-c3cnn(-c4ccccc4)c3)n2)CCCC1. The normalized spacial score (nSPS) is 15.2. The lowest BCUT2D eigenvalue weighted by atomic mass is 9.97. The average Bonchev–Trinajstić information content (AvgIpc) is 3.49. The van der Waals surface area contributed by atoms with Crippen LogP contribution in [0, 0.1) is 0 Å². The summed E-state index contributed by atoms with van der Waals surface area (Å²) in [6.07, 6.45) is 6.58. The number of carbonyl (C=O) groups excluding carboxylic acids is 2. The van der Waals surface area contributed by atoms with E-state index in [1.54, 1.807) is 23.2 Å². The molecule has 150 valence electrons. The number of esters is 1. The van der Waals surface area contributed by atoms with E-state index in [4.69, 9.17) is 4.74 Å². The van der Waals surface area contributed by atoms with Gasteiger partial charge >= 0.3 is 5.97 Å². The van der Waals surface area contributed by atoms with Crippen LogP contribution in [0.1, 0.15) is 43.1 Å². The largest absolute Gasteiger partial charge is 0.464 e. The van der Waals surface area contributed by atoms with Gasteiger partial charge in [0.15, 0.2) is 0 Å². The number of ether oxygens (including phenoxy) is 1. The highest BCUT2D eigenvalue weighted by Crippen LogP contribution is 2.32. The Morgan fingerprint density at radius 2 is 2.00 bits per heavy atom. The first kappa shape index (κ1) is 19.3. The Kier molecular flexibility index (Phi) is 5.44. The standard InChI is InChI=1S/C21H22N4O3S/c1-2-28-20(27)21(10-6-7-11-21)24-18(26)17-14-29-19(23-17)15-12-22-25(13-15)16-8-4-3-5-9-16/h3-5,8-9,12-14H,2,6-7,10-11H2,1H3,(H,24,26). The van der Waals surface area contributed by atoms with Crippen LogP contribution in [-0.4, -0.2) is 38.8 Å². The van der Waals surface area contributed by atoms with Crippen molar-refractivity contribution in [3.63, 3.8) is 0 Å². The van der Waals surface area contributed by atoms with Gasteiger partial charge < -0.3 is 10.1 Å². The summed E-state index contributed by atoms with van der Waals surface area (Å²) < 4.78 is 6.97. The monoisotopic (exact) mass is 410 g/mol. The first-order valence-electron chi connectivity index (χ1n) is 9.67. The van der Waals surface area contributed by atoms with Gasteiger partial charge in [-0.1, -0.05) is 31.0 Å². The molecule has 0 atom stereocenters. The van der Waals surface area contributed by atoms with Crippen LogP contribution in [-0.2, 0) is 9.53 Å². The fourth-order valence-corrected chi connectivity index (χ4v) is 4.35. The molecular formula is C21H22N4O3S. The average molecular weight is 410 g/mol. The summed E-state index contributed by atoms with van der Waals surface area (Å²) in [4.78, 5) is 29.7. The van der Waals surface area contributed by atoms with Crippen LogP contribution in [0.5, 0.6) is 0 Å². The minimum atomic E-state index is -0.935. The molecule has 2 aromatic heterocycles. The van der Waals surface area contributed by atoms with E-state index in [-0.39, 0.29) is 11.9 Å². The van der Waals surface area contributed by atoms with Gasteiger partial charge in [-0.05, 0) is 31.9 Å². The van der Waals surface area contributed by atoms with E-state index in [2.05, 4.69) is 15.4 Å². The van der Waals surface area contributed by atoms with E-state index in [0.29, 0.717) is 30.2 Å². The Bertz CT molecular complexity index is 1010. The number of amides is 1. The maximum atomic E-state index is 12.8. The smallest absolute Gasteiger partial charge is 0.331 e. The van der Waals surface area contributed by atoms with E-state index in [1.807, 2.05) is 36.5 Å². The van der Waals surface area contributed by atoms with Crippen LogP contribution in [0.3, 0.4) is 0 Å². The van der Waals surface area contributed by atoms with Crippen LogP contribution in [0.15, 0.2) is 48.1 Å². The number of benzene rings is 1. The maximum absolute atomic E-state index is 12.8. The Balaban J connectivity index is 1.51. The van der Waals surface area contributed by atoms with Gasteiger partial charge in [0.25, 0.3) is 5.91 Å². The first-order valence-corrected chi connectivity index (χ1v) is 10.5. The van der Waals surface area contributed by atoms with Crippen LogP contribution in [0.2, 0.25) is 0 Å². The van der Waals surface area contributed by atoms with Gasteiger partial charge in [0.1, 0.15) is 16.2 Å². The molecule has 8 heteroatoms. The lowest BCUT2D eigenvalue weighted by Gasteiger charge is -2.27. The first-order chi connectivity index (χ1) is 14.1. The number of para-hydroxylation sites is 1. The zero-order chi connectivity index (χ0) is 20.3. The lowest BCUT2D eigenvalue weighted by Crippen LogP contribution is -2.53. The minimum absolute atomic E-state index is 0.294. The highest BCUT2D eigenvalue weighted by atomic mass is 32.1. The van der Waals surface area contributed by atoms with E-state index >= 15 is 0 Å². The number of thiazole rings is 1. The third kappa shape index (κ3) is 3.93. The van der Waals surface area contributed by atoms with Crippen LogP contribution >= 0.6 is 11.3 Å². The predicted molar refractivity (Wildman–Crippen MR) is 110 cm³/mol. The summed E-state index contributed by atoms with van der Waals surface area (Å²) in [5.74, 6) is -0.705. The van der Waals surface area contributed by atoms with Gasteiger partial charge in [-0.3, -0.25) is 4.79 Å². The van der Waals surface area contributed by atoms with Crippen molar-refractivity contribution in [1.82, 2.24) is 20.1 Å². The van der Waals surface area contributed by atoms with Gasteiger partial charge in [-0.15, -0.1) is 11.3 Å². The fraction of sp³-hybridized carbons (Fsp3) is 0.333. The molecule has 1 saturated carbocycles. The number of rotatable bonds is 6.